The highest BCUT2D eigenvalue weighted by atomic mass is 16.5. The van der Waals surface area contributed by atoms with Crippen LogP contribution in [0.2, 0.25) is 0 Å². The third-order valence-electron chi connectivity index (χ3n) is 3.50. The Morgan fingerprint density at radius 2 is 2.05 bits per heavy atom. The molecule has 1 fully saturated rings. The van der Waals surface area contributed by atoms with Gasteiger partial charge in [0.25, 0.3) is 0 Å². The molecule has 104 valence electrons. The van der Waals surface area contributed by atoms with Gasteiger partial charge in [-0.2, -0.15) is 4.98 Å². The molecule has 0 atom stereocenters. The number of carbonyl (C=O) groups is 2. The van der Waals surface area contributed by atoms with Crippen LogP contribution in [-0.4, -0.2) is 27.1 Å². The van der Waals surface area contributed by atoms with Crippen LogP contribution >= 0.6 is 0 Å². The summed E-state index contributed by atoms with van der Waals surface area (Å²) >= 11 is 0. The van der Waals surface area contributed by atoms with Gasteiger partial charge in [0.15, 0.2) is 5.82 Å². The van der Waals surface area contributed by atoms with E-state index in [4.69, 9.17) is 9.63 Å². The Morgan fingerprint density at radius 3 is 2.58 bits per heavy atom. The summed E-state index contributed by atoms with van der Waals surface area (Å²) in [7, 11) is 0. The lowest BCUT2D eigenvalue weighted by Gasteiger charge is -2.25. The van der Waals surface area contributed by atoms with Gasteiger partial charge in [0.1, 0.15) is 0 Å². The lowest BCUT2D eigenvalue weighted by Crippen LogP contribution is -2.27. The van der Waals surface area contributed by atoms with Gasteiger partial charge in [0, 0.05) is 6.42 Å². The normalized spacial score (nSPS) is 17.3. The number of amides is 1. The molecular weight excluding hydrogens is 250 g/mol. The first-order valence-electron chi connectivity index (χ1n) is 6.31. The topological polar surface area (TPSA) is 105 Å². The summed E-state index contributed by atoms with van der Waals surface area (Å²) in [6, 6.07) is 0.0611. The van der Waals surface area contributed by atoms with Crippen LogP contribution in [0.15, 0.2) is 4.52 Å². The van der Waals surface area contributed by atoms with Crippen LogP contribution in [0.5, 0.6) is 0 Å². The van der Waals surface area contributed by atoms with Crippen LogP contribution in [-0.2, 0) is 9.59 Å². The molecule has 2 rings (SSSR count). The maximum atomic E-state index is 11.9. The molecule has 0 spiro atoms. The van der Waals surface area contributed by atoms with Crippen molar-refractivity contribution in [2.24, 2.45) is 5.41 Å². The van der Waals surface area contributed by atoms with Gasteiger partial charge in [0.2, 0.25) is 5.91 Å². The second-order valence-electron chi connectivity index (χ2n) is 5.15. The van der Waals surface area contributed by atoms with Gasteiger partial charge >= 0.3 is 12.0 Å². The molecule has 19 heavy (non-hydrogen) atoms. The van der Waals surface area contributed by atoms with Crippen LogP contribution in [0, 0.1) is 12.3 Å². The largest absolute Gasteiger partial charge is 0.481 e. The van der Waals surface area contributed by atoms with Gasteiger partial charge < -0.3 is 9.63 Å². The molecule has 1 amide bonds. The summed E-state index contributed by atoms with van der Waals surface area (Å²) in [5.41, 5.74) is -0.426. The van der Waals surface area contributed by atoms with Gasteiger partial charge in [0.05, 0.1) is 6.42 Å². The standard InChI is InChI=1S/C12H17N3O4/c1-8-13-11(19-15-8)14-9(16)6-12(7-10(17)18)4-2-3-5-12/h2-7H2,1H3,(H,17,18)(H,13,14,15,16). The Balaban J connectivity index is 1.97. The number of rotatable bonds is 5. The van der Waals surface area contributed by atoms with E-state index < -0.39 is 11.4 Å². The van der Waals surface area contributed by atoms with Crippen molar-refractivity contribution < 1.29 is 19.2 Å². The number of hydrogen-bond acceptors (Lipinski definition) is 5. The van der Waals surface area contributed by atoms with E-state index in [0.29, 0.717) is 5.82 Å². The quantitative estimate of drug-likeness (QED) is 0.841. The number of carboxylic acid groups (broad SMARTS) is 1. The van der Waals surface area contributed by atoms with Crippen molar-refractivity contribution in [2.45, 2.75) is 45.4 Å². The Labute approximate surface area is 110 Å². The first-order valence-corrected chi connectivity index (χ1v) is 6.31. The van der Waals surface area contributed by atoms with Crippen molar-refractivity contribution in [3.8, 4) is 0 Å². The van der Waals surface area contributed by atoms with Crippen LogP contribution in [0.4, 0.5) is 6.01 Å². The van der Waals surface area contributed by atoms with E-state index in [2.05, 4.69) is 15.5 Å². The number of nitrogens with one attached hydrogen (secondary N) is 1. The SMILES string of the molecule is Cc1noc(NC(=O)CC2(CC(=O)O)CCCC2)n1. The molecule has 1 heterocycles. The van der Waals surface area contributed by atoms with Gasteiger partial charge in [-0.05, 0) is 25.2 Å². The summed E-state index contributed by atoms with van der Waals surface area (Å²) in [5, 5.41) is 15.1. The molecule has 1 aliphatic rings. The van der Waals surface area contributed by atoms with E-state index in [1.54, 1.807) is 6.92 Å². The minimum absolute atomic E-state index is 0.0310. The van der Waals surface area contributed by atoms with Crippen molar-refractivity contribution in [2.75, 3.05) is 5.32 Å². The molecule has 2 N–H and O–H groups in total. The second-order valence-corrected chi connectivity index (χ2v) is 5.15. The zero-order chi connectivity index (χ0) is 13.9. The number of carbonyl (C=O) groups excluding carboxylic acids is 1. The monoisotopic (exact) mass is 267 g/mol. The molecule has 1 aromatic rings. The average Bonchev–Trinajstić information content (AvgIpc) is 2.87. The zero-order valence-corrected chi connectivity index (χ0v) is 10.8. The Morgan fingerprint density at radius 1 is 1.37 bits per heavy atom. The molecule has 1 aliphatic carbocycles. The molecule has 7 heteroatoms. The number of nitrogens with zero attached hydrogens (tertiary/aromatic N) is 2. The smallest absolute Gasteiger partial charge is 0.328 e. The summed E-state index contributed by atoms with van der Waals surface area (Å²) < 4.78 is 4.80. The van der Waals surface area contributed by atoms with E-state index in [1.165, 1.54) is 0 Å². The summed E-state index contributed by atoms with van der Waals surface area (Å²) in [6.45, 7) is 1.65. The van der Waals surface area contributed by atoms with Crippen molar-refractivity contribution in [1.82, 2.24) is 10.1 Å². The van der Waals surface area contributed by atoms with Crippen molar-refractivity contribution in [1.29, 1.82) is 0 Å². The average molecular weight is 267 g/mol. The fraction of sp³-hybridized carbons (Fsp3) is 0.667. The highest BCUT2D eigenvalue weighted by Crippen LogP contribution is 2.44. The number of anilines is 1. The Hall–Kier alpha value is -1.92. The third-order valence-corrected chi connectivity index (χ3v) is 3.50. The Bertz CT molecular complexity index is 477. The number of hydrogen-bond donors (Lipinski definition) is 2. The highest BCUT2D eigenvalue weighted by Gasteiger charge is 2.38. The van der Waals surface area contributed by atoms with E-state index in [1.807, 2.05) is 0 Å². The van der Waals surface area contributed by atoms with Crippen molar-refractivity contribution in [3.63, 3.8) is 0 Å². The number of aliphatic carboxylic acids is 1. The van der Waals surface area contributed by atoms with E-state index >= 15 is 0 Å². The van der Waals surface area contributed by atoms with Gasteiger partial charge in [-0.3, -0.25) is 14.9 Å². The van der Waals surface area contributed by atoms with E-state index in [9.17, 15) is 9.59 Å². The summed E-state index contributed by atoms with van der Waals surface area (Å²) in [4.78, 5) is 26.7. The molecule has 0 radical (unpaired) electrons. The molecule has 0 unspecified atom stereocenters. The first-order chi connectivity index (χ1) is 8.99. The molecule has 0 aliphatic heterocycles. The van der Waals surface area contributed by atoms with Crippen LogP contribution in [0.1, 0.15) is 44.3 Å². The summed E-state index contributed by atoms with van der Waals surface area (Å²) in [5.74, 6) is -0.688. The van der Waals surface area contributed by atoms with E-state index in [-0.39, 0.29) is 24.8 Å². The van der Waals surface area contributed by atoms with Crippen LogP contribution < -0.4 is 5.32 Å². The van der Waals surface area contributed by atoms with E-state index in [0.717, 1.165) is 25.7 Å². The van der Waals surface area contributed by atoms with Gasteiger partial charge in [-0.1, -0.05) is 18.0 Å². The number of aryl methyl sites for hydroxylation is 1. The summed E-state index contributed by atoms with van der Waals surface area (Å²) in [6.07, 6.45) is 3.70. The fourth-order valence-electron chi connectivity index (χ4n) is 2.71. The lowest BCUT2D eigenvalue weighted by atomic mass is 9.79. The first kappa shape index (κ1) is 13.5. The molecular formula is C12H17N3O4. The van der Waals surface area contributed by atoms with Crippen molar-refractivity contribution >= 4 is 17.9 Å². The molecule has 0 aromatic carbocycles. The maximum Gasteiger partial charge on any atom is 0.328 e. The van der Waals surface area contributed by atoms with Gasteiger partial charge in [-0.25, -0.2) is 0 Å². The predicted octanol–water partition coefficient (Wildman–Crippen LogP) is 1.74. The highest BCUT2D eigenvalue weighted by molar-refractivity contribution is 5.89. The predicted molar refractivity (Wildman–Crippen MR) is 65.4 cm³/mol. The number of aromatic nitrogens is 2. The minimum atomic E-state index is -0.858. The van der Waals surface area contributed by atoms with Crippen molar-refractivity contribution in [3.05, 3.63) is 5.82 Å². The molecule has 7 nitrogen and oxygen atoms in total. The minimum Gasteiger partial charge on any atom is -0.481 e. The zero-order valence-electron chi connectivity index (χ0n) is 10.8. The maximum absolute atomic E-state index is 11.9. The molecule has 1 saturated carbocycles. The van der Waals surface area contributed by atoms with Gasteiger partial charge in [-0.15, -0.1) is 0 Å². The van der Waals surface area contributed by atoms with Crippen LogP contribution in [0.3, 0.4) is 0 Å². The molecule has 0 saturated heterocycles. The Kier molecular flexibility index (Phi) is 3.82. The number of carboxylic acids is 1. The fourth-order valence-corrected chi connectivity index (χ4v) is 2.71. The molecule has 1 aromatic heterocycles. The third kappa shape index (κ3) is 3.52. The molecule has 0 bridgehead atoms. The second kappa shape index (κ2) is 5.38. The lowest BCUT2D eigenvalue weighted by molar-refractivity contribution is -0.140. The van der Waals surface area contributed by atoms with Crippen LogP contribution in [0.25, 0.3) is 0 Å².